The molecule has 1 heterocycles. The zero-order valence-corrected chi connectivity index (χ0v) is 14.3. The van der Waals surface area contributed by atoms with Crippen LogP contribution < -0.4 is 5.56 Å². The molecule has 22 heavy (non-hydrogen) atoms. The highest BCUT2D eigenvalue weighted by atomic mass is 32.2. The SMILES string of the molecule is Cc1ccc(/C=N/n2c(SC(C)(C)C)nnc(C)c2=O)cc1. The third-order valence-corrected chi connectivity index (χ3v) is 3.82. The molecule has 1 aromatic carbocycles. The second kappa shape index (κ2) is 6.44. The Labute approximate surface area is 134 Å². The second-order valence-corrected chi connectivity index (χ2v) is 7.85. The summed E-state index contributed by atoms with van der Waals surface area (Å²) in [4.78, 5) is 12.3. The Kier molecular flexibility index (Phi) is 4.81. The zero-order valence-electron chi connectivity index (χ0n) is 13.5. The number of aromatic nitrogens is 3. The van der Waals surface area contributed by atoms with Crippen molar-refractivity contribution in [1.82, 2.24) is 14.9 Å². The molecule has 2 rings (SSSR count). The van der Waals surface area contributed by atoms with Gasteiger partial charge in [-0.1, -0.05) is 62.4 Å². The third kappa shape index (κ3) is 4.27. The van der Waals surface area contributed by atoms with Crippen LogP contribution in [0.25, 0.3) is 0 Å². The maximum atomic E-state index is 12.3. The summed E-state index contributed by atoms with van der Waals surface area (Å²) in [6, 6.07) is 7.93. The summed E-state index contributed by atoms with van der Waals surface area (Å²) in [7, 11) is 0. The van der Waals surface area contributed by atoms with E-state index >= 15 is 0 Å². The molecule has 0 bridgehead atoms. The van der Waals surface area contributed by atoms with Gasteiger partial charge >= 0.3 is 0 Å². The van der Waals surface area contributed by atoms with Gasteiger partial charge in [0.15, 0.2) is 0 Å². The number of thioether (sulfide) groups is 1. The first kappa shape index (κ1) is 16.4. The number of nitrogens with zero attached hydrogens (tertiary/aromatic N) is 4. The fourth-order valence-electron chi connectivity index (χ4n) is 1.66. The molecule has 0 aliphatic carbocycles. The molecule has 6 heteroatoms. The summed E-state index contributed by atoms with van der Waals surface area (Å²) >= 11 is 1.46. The Morgan fingerprint density at radius 2 is 1.77 bits per heavy atom. The lowest BCUT2D eigenvalue weighted by Crippen LogP contribution is -2.25. The summed E-state index contributed by atoms with van der Waals surface area (Å²) in [5, 5.41) is 12.8. The molecular weight excluding hydrogens is 296 g/mol. The van der Waals surface area contributed by atoms with Crippen molar-refractivity contribution in [2.45, 2.75) is 44.5 Å². The van der Waals surface area contributed by atoms with E-state index in [0.29, 0.717) is 10.9 Å². The molecule has 116 valence electrons. The molecule has 1 aromatic heterocycles. The Morgan fingerprint density at radius 1 is 1.14 bits per heavy atom. The predicted molar refractivity (Wildman–Crippen MR) is 90.8 cm³/mol. The molecule has 2 aromatic rings. The molecule has 0 unspecified atom stereocenters. The molecule has 0 radical (unpaired) electrons. The van der Waals surface area contributed by atoms with Crippen molar-refractivity contribution in [3.63, 3.8) is 0 Å². The largest absolute Gasteiger partial charge is 0.296 e. The first-order valence-electron chi connectivity index (χ1n) is 7.03. The van der Waals surface area contributed by atoms with E-state index in [4.69, 9.17) is 0 Å². The van der Waals surface area contributed by atoms with Crippen LogP contribution in [0.15, 0.2) is 39.3 Å². The molecular formula is C16H20N4OS. The van der Waals surface area contributed by atoms with Gasteiger partial charge in [0.25, 0.3) is 5.56 Å². The first-order chi connectivity index (χ1) is 10.3. The van der Waals surface area contributed by atoms with Gasteiger partial charge in [-0.2, -0.15) is 9.78 Å². The molecule has 0 spiro atoms. The standard InChI is InChI=1S/C16H20N4OS/c1-11-6-8-13(9-7-11)10-17-20-14(21)12(2)18-19-15(20)22-16(3,4)5/h6-10H,1-5H3/b17-10+. The van der Waals surface area contributed by atoms with Gasteiger partial charge in [0.2, 0.25) is 5.16 Å². The number of hydrogen-bond donors (Lipinski definition) is 0. The van der Waals surface area contributed by atoms with Gasteiger partial charge in [-0.15, -0.1) is 10.2 Å². The van der Waals surface area contributed by atoms with Crippen LogP contribution in [0, 0.1) is 13.8 Å². The number of aryl methyl sites for hydroxylation is 2. The van der Waals surface area contributed by atoms with Gasteiger partial charge in [0.05, 0.1) is 6.21 Å². The quantitative estimate of drug-likeness (QED) is 0.645. The van der Waals surface area contributed by atoms with Crippen LogP contribution in [0.1, 0.15) is 37.6 Å². The van der Waals surface area contributed by atoms with Gasteiger partial charge in [0.1, 0.15) is 5.69 Å². The summed E-state index contributed by atoms with van der Waals surface area (Å²) in [6.07, 6.45) is 1.66. The summed E-state index contributed by atoms with van der Waals surface area (Å²) in [6.45, 7) is 9.82. The number of hydrogen-bond acceptors (Lipinski definition) is 5. The van der Waals surface area contributed by atoms with E-state index in [9.17, 15) is 4.79 Å². The van der Waals surface area contributed by atoms with Crippen LogP contribution >= 0.6 is 11.8 Å². The lowest BCUT2D eigenvalue weighted by atomic mass is 10.2. The van der Waals surface area contributed by atoms with Crippen molar-refractivity contribution in [2.75, 3.05) is 0 Å². The van der Waals surface area contributed by atoms with Crippen LogP contribution in [0.4, 0.5) is 0 Å². The third-order valence-electron chi connectivity index (χ3n) is 2.77. The Hall–Kier alpha value is -1.95. The average Bonchev–Trinajstić information content (AvgIpc) is 2.43. The van der Waals surface area contributed by atoms with Crippen LogP contribution in [0.2, 0.25) is 0 Å². The van der Waals surface area contributed by atoms with Gasteiger partial charge in [-0.3, -0.25) is 4.79 Å². The normalized spacial score (nSPS) is 12.0. The minimum atomic E-state index is -0.245. The Morgan fingerprint density at radius 3 is 2.36 bits per heavy atom. The fraction of sp³-hybridized carbons (Fsp3) is 0.375. The highest BCUT2D eigenvalue weighted by Gasteiger charge is 2.18. The zero-order chi connectivity index (χ0) is 16.3. The van der Waals surface area contributed by atoms with Crippen molar-refractivity contribution in [3.05, 3.63) is 51.4 Å². The summed E-state index contributed by atoms with van der Waals surface area (Å²) < 4.78 is 1.23. The van der Waals surface area contributed by atoms with Gasteiger partial charge in [-0.25, -0.2) is 0 Å². The van der Waals surface area contributed by atoms with Crippen LogP contribution in [0.3, 0.4) is 0 Å². The summed E-state index contributed by atoms with van der Waals surface area (Å²) in [5.74, 6) is 0. The van der Waals surface area contributed by atoms with Crippen molar-refractivity contribution in [1.29, 1.82) is 0 Å². The smallest absolute Gasteiger partial charge is 0.265 e. The molecule has 0 fully saturated rings. The van der Waals surface area contributed by atoms with E-state index in [-0.39, 0.29) is 10.3 Å². The van der Waals surface area contributed by atoms with E-state index in [1.807, 2.05) is 31.2 Å². The topological polar surface area (TPSA) is 60.1 Å². The van der Waals surface area contributed by atoms with E-state index in [1.54, 1.807) is 13.1 Å². The molecule has 0 saturated heterocycles. The van der Waals surface area contributed by atoms with Crippen LogP contribution in [-0.2, 0) is 0 Å². The first-order valence-corrected chi connectivity index (χ1v) is 7.84. The minimum Gasteiger partial charge on any atom is -0.265 e. The predicted octanol–water partition coefficient (Wildman–Crippen LogP) is 3.03. The highest BCUT2D eigenvalue weighted by Crippen LogP contribution is 2.29. The number of rotatable bonds is 3. The van der Waals surface area contributed by atoms with E-state index in [2.05, 4.69) is 36.1 Å². The molecule has 0 aliphatic rings. The van der Waals surface area contributed by atoms with Crippen molar-refractivity contribution in [2.24, 2.45) is 5.10 Å². The van der Waals surface area contributed by atoms with Gasteiger partial charge in [-0.05, 0) is 19.4 Å². The molecule has 0 aliphatic heterocycles. The van der Waals surface area contributed by atoms with E-state index < -0.39 is 0 Å². The van der Waals surface area contributed by atoms with Crippen molar-refractivity contribution < 1.29 is 0 Å². The second-order valence-electron chi connectivity index (χ2n) is 6.05. The maximum absolute atomic E-state index is 12.3. The lowest BCUT2D eigenvalue weighted by molar-refractivity contribution is 0.627. The molecule has 5 nitrogen and oxygen atoms in total. The summed E-state index contributed by atoms with van der Waals surface area (Å²) in [5.41, 5.74) is 2.20. The van der Waals surface area contributed by atoms with Crippen molar-refractivity contribution >= 4 is 18.0 Å². The molecule has 0 amide bonds. The molecule has 0 atom stereocenters. The van der Waals surface area contributed by atoms with Crippen LogP contribution in [-0.4, -0.2) is 25.8 Å². The van der Waals surface area contributed by atoms with Crippen LogP contribution in [0.5, 0.6) is 0 Å². The molecule has 0 N–H and O–H groups in total. The maximum Gasteiger partial charge on any atom is 0.296 e. The molecule has 0 saturated carbocycles. The Bertz CT molecular complexity index is 742. The van der Waals surface area contributed by atoms with Crippen molar-refractivity contribution in [3.8, 4) is 0 Å². The number of benzene rings is 1. The highest BCUT2D eigenvalue weighted by molar-refractivity contribution is 8.00. The Balaban J connectivity index is 2.42. The minimum absolute atomic E-state index is 0.0858. The van der Waals surface area contributed by atoms with E-state index in [1.165, 1.54) is 22.0 Å². The lowest BCUT2D eigenvalue weighted by Gasteiger charge is -2.17. The van der Waals surface area contributed by atoms with E-state index in [0.717, 1.165) is 5.56 Å². The average molecular weight is 316 g/mol. The van der Waals surface area contributed by atoms with Gasteiger partial charge < -0.3 is 0 Å². The monoisotopic (exact) mass is 316 g/mol. The van der Waals surface area contributed by atoms with Gasteiger partial charge in [0, 0.05) is 4.75 Å². The fourth-order valence-corrected chi connectivity index (χ4v) is 2.51.